The molecule has 4 saturated carbocycles. The van der Waals surface area contributed by atoms with Gasteiger partial charge >= 0.3 is 5.76 Å². The highest BCUT2D eigenvalue weighted by atomic mass is 16.4. The van der Waals surface area contributed by atoms with E-state index in [-0.39, 0.29) is 11.2 Å². The van der Waals surface area contributed by atoms with Crippen molar-refractivity contribution in [2.24, 2.45) is 17.8 Å². The molecule has 0 spiro atoms. The molecule has 4 fully saturated rings. The minimum Gasteiger partial charge on any atom is -0.371 e. The zero-order valence-electron chi connectivity index (χ0n) is 16.1. The lowest BCUT2D eigenvalue weighted by atomic mass is 9.48. The van der Waals surface area contributed by atoms with Gasteiger partial charge in [0.1, 0.15) is 0 Å². The van der Waals surface area contributed by atoms with Gasteiger partial charge in [-0.15, -0.1) is 4.57 Å². The van der Waals surface area contributed by atoms with Gasteiger partial charge in [-0.3, -0.25) is 0 Å². The lowest BCUT2D eigenvalue weighted by molar-refractivity contribution is -0.712. The number of benzene rings is 2. The molecule has 28 heavy (non-hydrogen) atoms. The van der Waals surface area contributed by atoms with Crippen LogP contribution in [0, 0.1) is 17.8 Å². The third-order valence-corrected chi connectivity index (χ3v) is 7.57. The molecule has 0 aliphatic heterocycles. The van der Waals surface area contributed by atoms with E-state index in [1.165, 1.54) is 44.1 Å². The van der Waals surface area contributed by atoms with Crippen LogP contribution in [0.3, 0.4) is 0 Å². The van der Waals surface area contributed by atoms with Gasteiger partial charge in [-0.1, -0.05) is 42.5 Å². The molecule has 1 aromatic heterocycles. The van der Waals surface area contributed by atoms with Gasteiger partial charge in [-0.25, -0.2) is 0 Å². The fourth-order valence-electron chi connectivity index (χ4n) is 6.89. The zero-order valence-corrected chi connectivity index (χ0v) is 16.1. The summed E-state index contributed by atoms with van der Waals surface area (Å²) in [5.41, 5.74) is 3.47. The Labute approximate surface area is 165 Å². The number of aromatic nitrogens is 1. The lowest BCUT2D eigenvalue weighted by Gasteiger charge is -2.57. The average molecular weight is 372 g/mol. The molecule has 4 aliphatic carbocycles. The van der Waals surface area contributed by atoms with E-state index >= 15 is 0 Å². The van der Waals surface area contributed by atoms with Crippen LogP contribution in [0.2, 0.25) is 0 Å². The first-order valence-corrected chi connectivity index (χ1v) is 10.7. The van der Waals surface area contributed by atoms with E-state index in [1.807, 2.05) is 36.5 Å². The fraction of sp³-hybridized carbons (Fsp3) is 0.440. The molecule has 0 amide bonds. The van der Waals surface area contributed by atoms with Crippen LogP contribution in [0.15, 0.2) is 63.9 Å². The number of fused-ring (bicyclic) bond motifs is 1. The van der Waals surface area contributed by atoms with E-state index in [1.54, 1.807) is 4.57 Å². The van der Waals surface area contributed by atoms with Crippen molar-refractivity contribution < 1.29 is 8.98 Å². The molecular weight excluding hydrogens is 346 g/mol. The summed E-state index contributed by atoms with van der Waals surface area (Å²) in [4.78, 5) is 12.8. The number of hydrogen-bond acceptors (Lipinski definition) is 2. The largest absolute Gasteiger partial charge is 0.602 e. The molecule has 4 bridgehead atoms. The molecule has 3 nitrogen and oxygen atoms in total. The summed E-state index contributed by atoms with van der Waals surface area (Å²) in [5, 5.41) is 1.05. The Morgan fingerprint density at radius 1 is 0.893 bits per heavy atom. The highest BCUT2D eigenvalue weighted by molar-refractivity contribution is 5.79. The Morgan fingerprint density at radius 3 is 2.25 bits per heavy atom. The average Bonchev–Trinajstić information content (AvgIpc) is 2.68. The van der Waals surface area contributed by atoms with Crippen LogP contribution in [-0.2, 0) is 12.0 Å². The van der Waals surface area contributed by atoms with Gasteiger partial charge in [-0.2, -0.15) is 4.79 Å². The second-order valence-corrected chi connectivity index (χ2v) is 9.53. The van der Waals surface area contributed by atoms with Crippen LogP contribution in [0.25, 0.3) is 11.0 Å². The minimum atomic E-state index is -0.256. The molecule has 3 aromatic rings. The number of para-hydroxylation sites is 1. The predicted molar refractivity (Wildman–Crippen MR) is 108 cm³/mol. The van der Waals surface area contributed by atoms with E-state index in [0.717, 1.165) is 34.3 Å². The van der Waals surface area contributed by atoms with Gasteiger partial charge in [-0.05, 0) is 67.8 Å². The van der Waals surface area contributed by atoms with Gasteiger partial charge < -0.3 is 4.42 Å². The third kappa shape index (κ3) is 2.56. The second-order valence-electron chi connectivity index (χ2n) is 9.53. The first-order chi connectivity index (χ1) is 13.7. The molecule has 0 radical (unpaired) electrons. The Balaban J connectivity index is 1.45. The summed E-state index contributed by atoms with van der Waals surface area (Å²) in [6.45, 7) is 0.542. The molecule has 3 heteroatoms. The highest BCUT2D eigenvalue weighted by Crippen LogP contribution is 2.61. The summed E-state index contributed by atoms with van der Waals surface area (Å²) >= 11 is 0. The van der Waals surface area contributed by atoms with Crippen molar-refractivity contribution in [2.75, 3.05) is 0 Å². The lowest BCUT2D eigenvalue weighted by Crippen LogP contribution is -2.50. The van der Waals surface area contributed by atoms with Gasteiger partial charge in [0.05, 0.1) is 5.39 Å². The van der Waals surface area contributed by atoms with E-state index in [0.29, 0.717) is 6.54 Å². The van der Waals surface area contributed by atoms with E-state index in [2.05, 4.69) is 18.2 Å². The van der Waals surface area contributed by atoms with Gasteiger partial charge in [0, 0.05) is 11.1 Å². The van der Waals surface area contributed by atoms with Crippen molar-refractivity contribution in [3.8, 4) is 0 Å². The predicted octanol–water partition coefficient (Wildman–Crippen LogP) is 4.60. The second kappa shape index (κ2) is 6.04. The summed E-state index contributed by atoms with van der Waals surface area (Å²) < 4.78 is 7.69. The van der Waals surface area contributed by atoms with Crippen LogP contribution >= 0.6 is 0 Å². The topological polar surface area (TPSA) is 34.1 Å². The summed E-state index contributed by atoms with van der Waals surface area (Å²) in [7, 11) is 0. The summed E-state index contributed by atoms with van der Waals surface area (Å²) in [6, 6.07) is 16.6. The molecule has 7 rings (SSSR count). The van der Waals surface area contributed by atoms with Crippen LogP contribution in [0.4, 0.5) is 0 Å². The highest BCUT2D eigenvalue weighted by Gasteiger charge is 2.52. The van der Waals surface area contributed by atoms with E-state index in [9.17, 15) is 4.79 Å². The van der Waals surface area contributed by atoms with E-state index in [4.69, 9.17) is 4.42 Å². The number of hydrogen-bond donors (Lipinski definition) is 0. The number of rotatable bonds is 3. The zero-order chi connectivity index (χ0) is 18.7. The monoisotopic (exact) mass is 372 g/mol. The smallest absolute Gasteiger partial charge is 0.371 e. The van der Waals surface area contributed by atoms with Gasteiger partial charge in [0.15, 0.2) is 18.3 Å². The molecule has 0 unspecified atom stereocenters. The minimum absolute atomic E-state index is 0.232. The standard InChI is InChI=1S/C25H26NO2/c27-24-26(15-17-5-2-1-3-6-17)16-21-7-4-8-22(23(21)28-24)25-12-18-9-19(13-25)11-20(10-18)14-25/h1-8,16,18-20H,9-15H2/q+1. The molecule has 0 saturated heterocycles. The van der Waals surface area contributed by atoms with Crippen LogP contribution in [-0.4, -0.2) is 0 Å². The van der Waals surface area contributed by atoms with Gasteiger partial charge in [0.25, 0.3) is 0 Å². The maximum Gasteiger partial charge on any atom is 0.602 e. The third-order valence-electron chi connectivity index (χ3n) is 7.57. The van der Waals surface area contributed by atoms with Gasteiger partial charge in [0.2, 0.25) is 0 Å². The van der Waals surface area contributed by atoms with E-state index < -0.39 is 0 Å². The van der Waals surface area contributed by atoms with Crippen molar-refractivity contribution in [1.82, 2.24) is 0 Å². The molecular formula is C25H26NO2+. The Morgan fingerprint density at radius 2 is 1.57 bits per heavy atom. The summed E-state index contributed by atoms with van der Waals surface area (Å²) in [5.74, 6) is 2.37. The quantitative estimate of drug-likeness (QED) is 0.630. The van der Waals surface area contributed by atoms with Crippen LogP contribution in [0.1, 0.15) is 49.7 Å². The van der Waals surface area contributed by atoms with Crippen LogP contribution < -0.4 is 10.3 Å². The first kappa shape index (κ1) is 16.5. The summed E-state index contributed by atoms with van der Waals surface area (Å²) in [6.07, 6.45) is 10.1. The Kier molecular flexibility index (Phi) is 3.56. The maximum absolute atomic E-state index is 12.8. The Hall–Kier alpha value is -2.42. The van der Waals surface area contributed by atoms with Crippen molar-refractivity contribution in [3.05, 3.63) is 76.4 Å². The first-order valence-electron chi connectivity index (χ1n) is 10.7. The molecule has 0 atom stereocenters. The maximum atomic E-state index is 12.8. The van der Waals surface area contributed by atoms with Crippen molar-refractivity contribution in [3.63, 3.8) is 0 Å². The SMILES string of the molecule is O=c1oc2c(C34CC5CC(CC(C5)C3)C4)cccc2c[n+]1Cc1ccccc1. The molecule has 142 valence electrons. The molecule has 2 aromatic carbocycles. The molecule has 0 N–H and O–H groups in total. The molecule has 1 heterocycles. The Bertz CT molecular complexity index is 1060. The molecule has 4 aliphatic rings. The number of nitrogens with zero attached hydrogens (tertiary/aromatic N) is 1. The van der Waals surface area contributed by atoms with Crippen molar-refractivity contribution in [2.45, 2.75) is 50.5 Å². The van der Waals surface area contributed by atoms with Crippen molar-refractivity contribution in [1.29, 1.82) is 0 Å². The van der Waals surface area contributed by atoms with Crippen molar-refractivity contribution >= 4 is 11.0 Å². The fourth-order valence-corrected chi connectivity index (χ4v) is 6.89. The normalized spacial score (nSPS) is 30.8. The van der Waals surface area contributed by atoms with Crippen LogP contribution in [0.5, 0.6) is 0 Å².